The molecule has 1 aromatic rings. The summed E-state index contributed by atoms with van der Waals surface area (Å²) in [4.78, 5) is 24.0. The van der Waals surface area contributed by atoms with Gasteiger partial charge in [0, 0.05) is 25.2 Å². The molecule has 26 heavy (non-hydrogen) atoms. The minimum absolute atomic E-state index is 0.405. The van der Waals surface area contributed by atoms with Crippen molar-refractivity contribution in [1.82, 2.24) is 4.90 Å². The first-order chi connectivity index (χ1) is 12.1. The second-order valence-corrected chi connectivity index (χ2v) is 7.67. The number of non-ortho nitro benzene ring substituents is 1. The van der Waals surface area contributed by atoms with Crippen LogP contribution in [0.3, 0.4) is 0 Å². The standard InChI is InChI=1S/C15H16F3N3O3S2/c1-9(26-14(25)20-6-2-3-7-20)13(22)19-12-5-4-10(21(23)24)8-11(12)15(16,17)18/h4-5,8-9H,2-3,6-7H2,1H3,(H,19,22)/t9-/m0/s1. The van der Waals surface area contributed by atoms with Gasteiger partial charge in [0.25, 0.3) is 5.69 Å². The molecule has 0 aromatic heterocycles. The number of nitrogens with zero attached hydrogens (tertiary/aromatic N) is 2. The van der Waals surface area contributed by atoms with E-state index in [4.69, 9.17) is 12.2 Å². The second kappa shape index (κ2) is 8.21. The van der Waals surface area contributed by atoms with Crippen LogP contribution in [0.5, 0.6) is 0 Å². The third kappa shape index (κ3) is 5.07. The summed E-state index contributed by atoms with van der Waals surface area (Å²) in [6, 6.07) is 2.20. The number of amides is 1. The van der Waals surface area contributed by atoms with E-state index in [1.807, 2.05) is 4.90 Å². The highest BCUT2D eigenvalue weighted by Crippen LogP contribution is 2.37. The summed E-state index contributed by atoms with van der Waals surface area (Å²) in [5.74, 6) is -0.657. The van der Waals surface area contributed by atoms with E-state index >= 15 is 0 Å². The molecule has 0 saturated carbocycles. The average Bonchev–Trinajstić information content (AvgIpc) is 3.08. The van der Waals surface area contributed by atoms with Gasteiger partial charge >= 0.3 is 6.18 Å². The first-order valence-corrected chi connectivity index (χ1v) is 9.00. The van der Waals surface area contributed by atoms with Gasteiger partial charge in [-0.25, -0.2) is 0 Å². The van der Waals surface area contributed by atoms with Gasteiger partial charge in [-0.2, -0.15) is 13.2 Å². The van der Waals surface area contributed by atoms with E-state index in [2.05, 4.69) is 5.32 Å². The zero-order valence-electron chi connectivity index (χ0n) is 13.7. The van der Waals surface area contributed by atoms with Crippen LogP contribution in [0.25, 0.3) is 0 Å². The predicted octanol–water partition coefficient (Wildman–Crippen LogP) is 4.05. The third-order valence-electron chi connectivity index (χ3n) is 3.79. The fourth-order valence-electron chi connectivity index (χ4n) is 2.40. The molecule has 1 heterocycles. The molecule has 1 N–H and O–H groups in total. The van der Waals surface area contributed by atoms with Crippen LogP contribution in [-0.4, -0.2) is 38.4 Å². The topological polar surface area (TPSA) is 75.5 Å². The highest BCUT2D eigenvalue weighted by atomic mass is 32.2. The zero-order chi connectivity index (χ0) is 19.5. The van der Waals surface area contributed by atoms with E-state index in [0.29, 0.717) is 10.4 Å². The number of nitro groups is 1. The molecular formula is C15H16F3N3O3S2. The number of benzene rings is 1. The third-order valence-corrected chi connectivity index (χ3v) is 5.36. The van der Waals surface area contributed by atoms with Crippen molar-refractivity contribution >= 4 is 45.6 Å². The highest BCUT2D eigenvalue weighted by molar-refractivity contribution is 8.23. The molecule has 0 aliphatic carbocycles. The van der Waals surface area contributed by atoms with Gasteiger partial charge in [-0.1, -0.05) is 24.0 Å². The van der Waals surface area contributed by atoms with Crippen LogP contribution in [0.1, 0.15) is 25.3 Å². The van der Waals surface area contributed by atoms with Crippen molar-refractivity contribution < 1.29 is 22.9 Å². The van der Waals surface area contributed by atoms with Crippen LogP contribution in [0.15, 0.2) is 18.2 Å². The smallest absolute Gasteiger partial charge is 0.358 e. The van der Waals surface area contributed by atoms with Crippen molar-refractivity contribution in [3.05, 3.63) is 33.9 Å². The summed E-state index contributed by atoms with van der Waals surface area (Å²) in [6.07, 6.45) is -2.81. The Bertz CT molecular complexity index is 722. The van der Waals surface area contributed by atoms with Crippen molar-refractivity contribution in [3.8, 4) is 0 Å². The van der Waals surface area contributed by atoms with Crippen LogP contribution >= 0.6 is 24.0 Å². The number of nitro benzene ring substituents is 1. The quantitative estimate of drug-likeness (QED) is 0.461. The molecule has 1 aliphatic rings. The van der Waals surface area contributed by atoms with Gasteiger partial charge in [0.15, 0.2) is 0 Å². The number of rotatable bonds is 4. The maximum absolute atomic E-state index is 13.2. The predicted molar refractivity (Wildman–Crippen MR) is 97.2 cm³/mol. The van der Waals surface area contributed by atoms with E-state index < -0.39 is 39.2 Å². The van der Waals surface area contributed by atoms with Gasteiger partial charge in [0.2, 0.25) is 5.91 Å². The lowest BCUT2D eigenvalue weighted by Crippen LogP contribution is -2.30. The fraction of sp³-hybridized carbons (Fsp3) is 0.467. The Morgan fingerprint density at radius 1 is 1.38 bits per heavy atom. The van der Waals surface area contributed by atoms with E-state index in [1.54, 1.807) is 6.92 Å². The van der Waals surface area contributed by atoms with Crippen LogP contribution < -0.4 is 5.32 Å². The van der Waals surface area contributed by atoms with Crippen molar-refractivity contribution in [3.63, 3.8) is 0 Å². The number of hydrogen-bond donors (Lipinski definition) is 1. The maximum Gasteiger partial charge on any atom is 0.418 e. The van der Waals surface area contributed by atoms with Gasteiger partial charge in [-0.05, 0) is 25.8 Å². The molecular weight excluding hydrogens is 391 g/mol. The van der Waals surface area contributed by atoms with Crippen LogP contribution in [0.4, 0.5) is 24.5 Å². The summed E-state index contributed by atoms with van der Waals surface area (Å²) >= 11 is 6.36. The van der Waals surface area contributed by atoms with Gasteiger partial charge in [0.05, 0.1) is 21.4 Å². The Kier molecular flexibility index (Phi) is 6.45. The molecule has 6 nitrogen and oxygen atoms in total. The summed E-state index contributed by atoms with van der Waals surface area (Å²) in [7, 11) is 0. The van der Waals surface area contributed by atoms with Crippen LogP contribution in [-0.2, 0) is 11.0 Å². The van der Waals surface area contributed by atoms with E-state index in [1.165, 1.54) is 0 Å². The van der Waals surface area contributed by atoms with Crippen LogP contribution in [0, 0.1) is 10.1 Å². The van der Waals surface area contributed by atoms with E-state index in [-0.39, 0.29) is 0 Å². The molecule has 0 spiro atoms. The Hall–Kier alpha value is -1.88. The molecule has 1 amide bonds. The van der Waals surface area contributed by atoms with Crippen molar-refractivity contribution in [1.29, 1.82) is 0 Å². The molecule has 1 aromatic carbocycles. The van der Waals surface area contributed by atoms with E-state index in [0.717, 1.165) is 49.8 Å². The first-order valence-electron chi connectivity index (χ1n) is 7.71. The molecule has 11 heteroatoms. The number of anilines is 1. The average molecular weight is 407 g/mol. The highest BCUT2D eigenvalue weighted by Gasteiger charge is 2.36. The molecule has 0 unspecified atom stereocenters. The number of carbonyl (C=O) groups is 1. The summed E-state index contributed by atoms with van der Waals surface area (Å²) < 4.78 is 40.0. The molecule has 0 bridgehead atoms. The molecule has 1 saturated heterocycles. The minimum atomic E-state index is -4.84. The fourth-order valence-corrected chi connectivity index (χ4v) is 3.82. The molecule has 2 rings (SSSR count). The van der Waals surface area contributed by atoms with Crippen molar-refractivity contribution in [2.75, 3.05) is 18.4 Å². The minimum Gasteiger partial charge on any atom is -0.358 e. The monoisotopic (exact) mass is 407 g/mol. The SMILES string of the molecule is C[C@H](SC(=S)N1CCCC1)C(=O)Nc1ccc([N+](=O)[O-])cc1C(F)(F)F. The molecule has 1 atom stereocenters. The molecule has 1 aliphatic heterocycles. The van der Waals surface area contributed by atoms with Crippen molar-refractivity contribution in [2.24, 2.45) is 0 Å². The van der Waals surface area contributed by atoms with Gasteiger partial charge in [-0.3, -0.25) is 14.9 Å². The first kappa shape index (κ1) is 20.4. The molecule has 142 valence electrons. The normalized spacial score (nSPS) is 15.6. The number of alkyl halides is 3. The Balaban J connectivity index is 2.12. The number of nitrogens with one attached hydrogen (secondary N) is 1. The zero-order valence-corrected chi connectivity index (χ0v) is 15.3. The van der Waals surface area contributed by atoms with E-state index in [9.17, 15) is 28.1 Å². The Morgan fingerprint density at radius 3 is 2.54 bits per heavy atom. The van der Waals surface area contributed by atoms with Gasteiger partial charge < -0.3 is 10.2 Å². The van der Waals surface area contributed by atoms with Crippen LogP contribution in [0.2, 0.25) is 0 Å². The summed E-state index contributed by atoms with van der Waals surface area (Å²) in [5.41, 5.74) is -2.49. The lowest BCUT2D eigenvalue weighted by Gasteiger charge is -2.21. The summed E-state index contributed by atoms with van der Waals surface area (Å²) in [5, 5.41) is 12.2. The number of halogens is 3. The lowest BCUT2D eigenvalue weighted by atomic mass is 10.1. The van der Waals surface area contributed by atoms with Gasteiger partial charge in [0.1, 0.15) is 4.32 Å². The number of carbonyl (C=O) groups excluding carboxylic acids is 1. The lowest BCUT2D eigenvalue weighted by molar-refractivity contribution is -0.385. The Labute approximate surface area is 157 Å². The Morgan fingerprint density at radius 2 is 2.00 bits per heavy atom. The number of thiocarbonyl (C=S) groups is 1. The van der Waals surface area contributed by atoms with Gasteiger partial charge in [-0.15, -0.1) is 0 Å². The number of likely N-dealkylation sites (tertiary alicyclic amines) is 1. The molecule has 0 radical (unpaired) electrons. The summed E-state index contributed by atoms with van der Waals surface area (Å²) in [6.45, 7) is 3.16. The number of hydrogen-bond acceptors (Lipinski definition) is 5. The molecule has 1 fully saturated rings. The largest absolute Gasteiger partial charge is 0.418 e. The second-order valence-electron chi connectivity index (χ2n) is 5.69. The number of thioether (sulfide) groups is 1. The van der Waals surface area contributed by atoms with Crippen molar-refractivity contribution in [2.45, 2.75) is 31.2 Å². The maximum atomic E-state index is 13.2.